The Morgan fingerprint density at radius 3 is 2.67 bits per heavy atom. The second kappa shape index (κ2) is 9.15. The van der Waals surface area contributed by atoms with E-state index in [9.17, 15) is 9.18 Å². The minimum Gasteiger partial charge on any atom is -0.484 e. The molecule has 0 aliphatic carbocycles. The molecule has 1 amide bonds. The van der Waals surface area contributed by atoms with Gasteiger partial charge in [-0.25, -0.2) is 9.37 Å². The quantitative estimate of drug-likeness (QED) is 0.263. The molecule has 1 aromatic heterocycles. The van der Waals surface area contributed by atoms with E-state index in [1.807, 2.05) is 42.5 Å². The van der Waals surface area contributed by atoms with Crippen LogP contribution in [0.1, 0.15) is 5.56 Å². The fraction of sp³-hybridized carbons (Fsp3) is 0.0455. The molecule has 0 fully saturated rings. The summed E-state index contributed by atoms with van der Waals surface area (Å²) in [7, 11) is 0. The molecule has 0 bridgehead atoms. The van der Waals surface area contributed by atoms with Crippen molar-refractivity contribution >= 4 is 54.7 Å². The first-order valence-corrected chi connectivity index (χ1v) is 10.6. The maximum Gasteiger partial charge on any atom is 0.287 e. The Hall–Kier alpha value is -3.10. The Bertz CT molecular complexity index is 1200. The molecule has 0 saturated carbocycles. The summed E-state index contributed by atoms with van der Waals surface area (Å²) in [5, 5.41) is 5.87. The van der Waals surface area contributed by atoms with Gasteiger partial charge in [0.2, 0.25) is 5.13 Å². The number of carbonyl (C=O) groups is 1. The number of benzene rings is 3. The van der Waals surface area contributed by atoms with Crippen LogP contribution < -0.4 is 9.75 Å². The lowest BCUT2D eigenvalue weighted by Crippen LogP contribution is -2.30. The Labute approximate surface area is 184 Å². The average Bonchev–Trinajstić information content (AvgIpc) is 3.17. The van der Waals surface area contributed by atoms with E-state index in [1.54, 1.807) is 24.4 Å². The molecule has 3 aromatic carbocycles. The van der Waals surface area contributed by atoms with Crippen molar-refractivity contribution in [3.63, 3.8) is 0 Å². The lowest BCUT2D eigenvalue weighted by Gasteiger charge is -2.14. The summed E-state index contributed by atoms with van der Waals surface area (Å²) in [5.74, 6) is -0.179. The Balaban J connectivity index is 1.62. The molecular weight excluding hydrogens is 469 g/mol. The van der Waals surface area contributed by atoms with E-state index < -0.39 is 5.91 Å². The number of aromatic nitrogens is 1. The van der Waals surface area contributed by atoms with Gasteiger partial charge in [0.25, 0.3) is 5.91 Å². The summed E-state index contributed by atoms with van der Waals surface area (Å²) in [6, 6.07) is 20.8. The number of ether oxygens (including phenoxy) is 1. The van der Waals surface area contributed by atoms with Gasteiger partial charge in [-0.3, -0.25) is 4.79 Å². The maximum atomic E-state index is 13.6. The van der Waals surface area contributed by atoms with E-state index in [1.165, 1.54) is 28.5 Å². The highest BCUT2D eigenvalue weighted by atomic mass is 79.9. The highest BCUT2D eigenvalue weighted by Gasteiger charge is 2.20. The third-order valence-corrected chi connectivity index (χ3v) is 5.58. The van der Waals surface area contributed by atoms with Gasteiger partial charge in [0.1, 0.15) is 11.6 Å². The van der Waals surface area contributed by atoms with Crippen LogP contribution in [0.25, 0.3) is 10.2 Å². The van der Waals surface area contributed by atoms with Crippen LogP contribution in [0, 0.1) is 5.82 Å². The molecule has 0 saturated heterocycles. The predicted octanol–water partition coefficient (Wildman–Crippen LogP) is 5.64. The van der Waals surface area contributed by atoms with Gasteiger partial charge >= 0.3 is 0 Å². The van der Waals surface area contributed by atoms with E-state index in [-0.39, 0.29) is 12.4 Å². The summed E-state index contributed by atoms with van der Waals surface area (Å²) in [4.78, 5) is 17.3. The number of para-hydroxylation sites is 1. The second-order valence-corrected chi connectivity index (χ2v) is 8.14. The number of amides is 1. The number of hydrogen-bond acceptors (Lipinski definition) is 5. The molecule has 0 radical (unpaired) electrons. The Morgan fingerprint density at radius 2 is 1.90 bits per heavy atom. The van der Waals surface area contributed by atoms with Crippen LogP contribution in [0.5, 0.6) is 5.75 Å². The number of nitrogens with zero attached hydrogens (tertiary/aromatic N) is 3. The molecule has 0 spiro atoms. The minimum absolute atomic E-state index is 0.216. The van der Waals surface area contributed by atoms with E-state index in [2.05, 4.69) is 26.0 Å². The van der Waals surface area contributed by atoms with Crippen molar-refractivity contribution in [3.05, 3.63) is 88.6 Å². The molecule has 4 aromatic rings. The maximum absolute atomic E-state index is 13.6. The van der Waals surface area contributed by atoms with Crippen LogP contribution in [0.15, 0.2) is 82.4 Å². The second-order valence-electron chi connectivity index (χ2n) is 6.21. The van der Waals surface area contributed by atoms with E-state index in [0.29, 0.717) is 21.1 Å². The molecular formula is C22H15BrFN3O2S. The topological polar surface area (TPSA) is 54.8 Å². The minimum atomic E-state index is -0.397. The van der Waals surface area contributed by atoms with Crippen molar-refractivity contribution in [1.82, 2.24) is 4.98 Å². The van der Waals surface area contributed by atoms with Crippen LogP contribution in [0.2, 0.25) is 0 Å². The molecule has 4 rings (SSSR count). The number of carbonyl (C=O) groups excluding carboxylic acids is 1. The highest BCUT2D eigenvalue weighted by molar-refractivity contribution is 9.10. The van der Waals surface area contributed by atoms with E-state index in [0.717, 1.165) is 10.0 Å². The zero-order chi connectivity index (χ0) is 20.9. The molecule has 8 heteroatoms. The largest absolute Gasteiger partial charge is 0.484 e. The van der Waals surface area contributed by atoms with Gasteiger partial charge in [-0.05, 0) is 48.0 Å². The normalized spacial score (nSPS) is 11.1. The summed E-state index contributed by atoms with van der Waals surface area (Å²) in [6.07, 6.45) is 1.57. The number of halogens is 2. The third kappa shape index (κ3) is 4.90. The Morgan fingerprint density at radius 1 is 1.13 bits per heavy atom. The monoisotopic (exact) mass is 483 g/mol. The number of anilines is 1. The van der Waals surface area contributed by atoms with Crippen LogP contribution in [-0.4, -0.2) is 23.7 Å². The van der Waals surface area contributed by atoms with Crippen LogP contribution >= 0.6 is 27.3 Å². The number of hydrazone groups is 1. The van der Waals surface area contributed by atoms with Crippen molar-refractivity contribution < 1.29 is 13.9 Å². The molecule has 0 unspecified atom stereocenters. The fourth-order valence-corrected chi connectivity index (χ4v) is 3.82. The molecule has 0 N–H and O–H groups in total. The Kier molecular flexibility index (Phi) is 6.15. The smallest absolute Gasteiger partial charge is 0.287 e. The first kappa shape index (κ1) is 20.2. The standard InChI is InChI=1S/C22H15BrFN3O2S/c23-16-8-6-15(7-9-16)13-25-27(21(28)14-29-18-4-2-1-3-5-18)22-26-19-11-10-17(24)12-20(19)30-22/h1-13H,14H2/b25-13+. The third-order valence-electron chi connectivity index (χ3n) is 4.05. The van der Waals surface area contributed by atoms with Gasteiger partial charge in [0.05, 0.1) is 16.4 Å². The predicted molar refractivity (Wildman–Crippen MR) is 121 cm³/mol. The molecule has 5 nitrogen and oxygen atoms in total. The number of hydrogen-bond donors (Lipinski definition) is 0. The van der Waals surface area contributed by atoms with E-state index >= 15 is 0 Å². The van der Waals surface area contributed by atoms with Crippen molar-refractivity contribution in [1.29, 1.82) is 0 Å². The average molecular weight is 484 g/mol. The molecule has 30 heavy (non-hydrogen) atoms. The summed E-state index contributed by atoms with van der Waals surface area (Å²) < 4.78 is 20.7. The van der Waals surface area contributed by atoms with Gasteiger partial charge in [-0.2, -0.15) is 10.1 Å². The molecule has 0 aliphatic rings. The fourth-order valence-electron chi connectivity index (χ4n) is 2.59. The van der Waals surface area contributed by atoms with Crippen LogP contribution in [0.4, 0.5) is 9.52 Å². The van der Waals surface area contributed by atoms with E-state index in [4.69, 9.17) is 4.74 Å². The molecule has 0 atom stereocenters. The van der Waals surface area contributed by atoms with Crippen molar-refractivity contribution in [2.75, 3.05) is 11.6 Å². The first-order chi connectivity index (χ1) is 14.6. The first-order valence-electron chi connectivity index (χ1n) is 8.95. The highest BCUT2D eigenvalue weighted by Crippen LogP contribution is 2.30. The van der Waals surface area contributed by atoms with Crippen molar-refractivity contribution in [2.24, 2.45) is 5.10 Å². The van der Waals surface area contributed by atoms with Gasteiger partial charge in [0.15, 0.2) is 6.61 Å². The summed E-state index contributed by atoms with van der Waals surface area (Å²) in [6.45, 7) is -0.216. The van der Waals surface area contributed by atoms with Gasteiger partial charge < -0.3 is 4.74 Å². The van der Waals surface area contributed by atoms with Crippen molar-refractivity contribution in [2.45, 2.75) is 0 Å². The zero-order valence-corrected chi connectivity index (χ0v) is 17.9. The summed E-state index contributed by atoms with van der Waals surface area (Å²) in [5.41, 5.74) is 1.41. The number of rotatable bonds is 6. The lowest BCUT2D eigenvalue weighted by molar-refractivity contribution is -0.120. The SMILES string of the molecule is O=C(COc1ccccc1)N(/N=C/c1ccc(Br)cc1)c1nc2ccc(F)cc2s1. The van der Waals surface area contributed by atoms with Crippen LogP contribution in [0.3, 0.4) is 0 Å². The number of thiazole rings is 1. The summed E-state index contributed by atoms with van der Waals surface area (Å²) >= 11 is 4.57. The van der Waals surface area contributed by atoms with Gasteiger partial charge in [-0.15, -0.1) is 0 Å². The van der Waals surface area contributed by atoms with Gasteiger partial charge in [0, 0.05) is 4.47 Å². The van der Waals surface area contributed by atoms with Gasteiger partial charge in [-0.1, -0.05) is 57.6 Å². The number of fused-ring (bicyclic) bond motifs is 1. The lowest BCUT2D eigenvalue weighted by atomic mass is 10.2. The molecule has 150 valence electrons. The zero-order valence-electron chi connectivity index (χ0n) is 15.5. The van der Waals surface area contributed by atoms with Crippen LogP contribution in [-0.2, 0) is 4.79 Å². The molecule has 0 aliphatic heterocycles. The van der Waals surface area contributed by atoms with Crippen molar-refractivity contribution in [3.8, 4) is 5.75 Å². The molecule has 1 heterocycles.